The Kier molecular flexibility index (Phi) is 2.48. The van der Waals surface area contributed by atoms with Crippen LogP contribution in [0.4, 0.5) is 5.69 Å². The van der Waals surface area contributed by atoms with E-state index in [9.17, 15) is 18.0 Å². The third-order valence-electron chi connectivity index (χ3n) is 2.08. The largest absolute Gasteiger partial charge is 0.296 e. The van der Waals surface area contributed by atoms with Gasteiger partial charge in [-0.2, -0.15) is 8.42 Å². The van der Waals surface area contributed by atoms with Crippen molar-refractivity contribution in [1.82, 2.24) is 10.2 Å². The molecule has 0 atom stereocenters. The Morgan fingerprint density at radius 2 is 1.76 bits per heavy atom. The van der Waals surface area contributed by atoms with Crippen molar-refractivity contribution in [1.29, 1.82) is 0 Å². The SMILES string of the molecule is NS(=O)(=O)Nc1cccc2c(=O)[nH][nH]c(=O)c12. The Balaban J connectivity index is 2.87. The van der Waals surface area contributed by atoms with E-state index >= 15 is 0 Å². The Hall–Kier alpha value is -2.13. The summed E-state index contributed by atoms with van der Waals surface area (Å²) < 4.78 is 23.8. The molecule has 0 aliphatic carbocycles. The van der Waals surface area contributed by atoms with E-state index < -0.39 is 21.3 Å². The molecule has 2 aromatic rings. The average Bonchev–Trinajstić information content (AvgIpc) is 2.21. The quantitative estimate of drug-likeness (QED) is 0.537. The lowest BCUT2D eigenvalue weighted by molar-refractivity contribution is 0.603. The summed E-state index contributed by atoms with van der Waals surface area (Å²) in [5.74, 6) is 0. The maximum atomic E-state index is 11.5. The summed E-state index contributed by atoms with van der Waals surface area (Å²) in [7, 11) is -4.01. The van der Waals surface area contributed by atoms with Crippen LogP contribution >= 0.6 is 0 Å². The molecule has 0 saturated heterocycles. The van der Waals surface area contributed by atoms with Gasteiger partial charge in [0.15, 0.2) is 0 Å². The van der Waals surface area contributed by atoms with Crippen LogP contribution in [0.25, 0.3) is 10.8 Å². The van der Waals surface area contributed by atoms with E-state index in [-0.39, 0.29) is 16.5 Å². The summed E-state index contributed by atoms with van der Waals surface area (Å²) in [6, 6.07) is 4.17. The maximum Gasteiger partial charge on any atom is 0.296 e. The molecule has 1 aromatic carbocycles. The van der Waals surface area contributed by atoms with Gasteiger partial charge in [-0.05, 0) is 12.1 Å². The van der Waals surface area contributed by atoms with E-state index in [1.54, 1.807) is 0 Å². The molecule has 0 aliphatic rings. The summed E-state index contributed by atoms with van der Waals surface area (Å²) in [5.41, 5.74) is -1.19. The number of H-pyrrole nitrogens is 2. The van der Waals surface area contributed by atoms with Crippen LogP contribution in [0, 0.1) is 0 Å². The molecule has 8 nitrogen and oxygen atoms in total. The molecule has 17 heavy (non-hydrogen) atoms. The third kappa shape index (κ3) is 2.19. The van der Waals surface area contributed by atoms with Gasteiger partial charge in [0.05, 0.1) is 16.5 Å². The van der Waals surface area contributed by atoms with E-state index in [1.807, 2.05) is 4.72 Å². The van der Waals surface area contributed by atoms with Crippen LogP contribution in [-0.4, -0.2) is 18.6 Å². The molecule has 0 aliphatic heterocycles. The predicted octanol–water partition coefficient (Wildman–Crippen LogP) is -1.17. The van der Waals surface area contributed by atoms with Gasteiger partial charge < -0.3 is 0 Å². The predicted molar refractivity (Wildman–Crippen MR) is 61.9 cm³/mol. The van der Waals surface area contributed by atoms with Crippen LogP contribution in [0.3, 0.4) is 0 Å². The number of hydrogen-bond acceptors (Lipinski definition) is 4. The van der Waals surface area contributed by atoms with Gasteiger partial charge in [-0.15, -0.1) is 0 Å². The topological polar surface area (TPSA) is 138 Å². The molecule has 0 unspecified atom stereocenters. The first-order chi connectivity index (χ1) is 7.88. The van der Waals surface area contributed by atoms with Crippen LogP contribution in [0.5, 0.6) is 0 Å². The second-order valence-electron chi connectivity index (χ2n) is 3.28. The Bertz CT molecular complexity index is 789. The molecule has 0 spiro atoms. The fraction of sp³-hybridized carbons (Fsp3) is 0. The fourth-order valence-corrected chi connectivity index (χ4v) is 1.94. The zero-order valence-corrected chi connectivity index (χ0v) is 9.17. The average molecular weight is 256 g/mol. The van der Waals surface area contributed by atoms with Crippen LogP contribution in [-0.2, 0) is 10.2 Å². The van der Waals surface area contributed by atoms with E-state index in [0.29, 0.717) is 0 Å². The standard InChI is InChI=1S/C8H8N4O4S/c9-17(15,16)12-5-3-1-2-4-6(5)8(14)11-10-7(4)13/h1-3,12H,(H,10,13)(H,11,14)(H2,9,15,16). The third-order valence-corrected chi connectivity index (χ3v) is 2.58. The molecule has 0 bridgehead atoms. The van der Waals surface area contributed by atoms with E-state index in [1.165, 1.54) is 18.2 Å². The molecule has 90 valence electrons. The fourth-order valence-electron chi connectivity index (χ4n) is 1.47. The molecule has 5 N–H and O–H groups in total. The lowest BCUT2D eigenvalue weighted by Gasteiger charge is -2.05. The first-order valence-corrected chi connectivity index (χ1v) is 5.97. The minimum absolute atomic E-state index is 0.0441. The van der Waals surface area contributed by atoms with Crippen molar-refractivity contribution < 1.29 is 8.42 Å². The summed E-state index contributed by atoms with van der Waals surface area (Å²) >= 11 is 0. The maximum absolute atomic E-state index is 11.5. The Labute approximate surface area is 94.6 Å². The number of hydrogen-bond donors (Lipinski definition) is 4. The molecular formula is C8H8N4O4S. The molecule has 0 amide bonds. The molecule has 2 rings (SSSR count). The lowest BCUT2D eigenvalue weighted by Crippen LogP contribution is -2.25. The zero-order valence-electron chi connectivity index (χ0n) is 8.35. The number of anilines is 1. The first kappa shape index (κ1) is 11.4. The highest BCUT2D eigenvalue weighted by Gasteiger charge is 2.11. The monoisotopic (exact) mass is 256 g/mol. The van der Waals surface area contributed by atoms with Crippen molar-refractivity contribution in [2.75, 3.05) is 4.72 Å². The molecule has 0 saturated carbocycles. The van der Waals surface area contributed by atoms with E-state index in [0.717, 1.165) is 0 Å². The summed E-state index contributed by atoms with van der Waals surface area (Å²) in [5, 5.41) is 9.05. The number of aromatic nitrogens is 2. The number of benzene rings is 1. The van der Waals surface area contributed by atoms with E-state index in [2.05, 4.69) is 10.2 Å². The van der Waals surface area contributed by atoms with Crippen LogP contribution in [0.1, 0.15) is 0 Å². The highest BCUT2D eigenvalue weighted by molar-refractivity contribution is 7.90. The number of fused-ring (bicyclic) bond motifs is 1. The van der Waals surface area contributed by atoms with Crippen molar-refractivity contribution >= 4 is 26.7 Å². The second-order valence-corrected chi connectivity index (χ2v) is 4.58. The number of nitrogens with one attached hydrogen (secondary N) is 3. The van der Waals surface area contributed by atoms with Crippen molar-refractivity contribution in [3.05, 3.63) is 38.9 Å². The van der Waals surface area contributed by atoms with Crippen LogP contribution in [0.15, 0.2) is 27.8 Å². The molecule has 0 fully saturated rings. The number of rotatable bonds is 2. The van der Waals surface area contributed by atoms with Gasteiger partial charge in [0, 0.05) is 0 Å². The van der Waals surface area contributed by atoms with Gasteiger partial charge in [-0.1, -0.05) is 6.07 Å². The molecule has 1 heterocycles. The minimum Gasteiger partial charge on any atom is -0.270 e. The number of aromatic amines is 2. The zero-order chi connectivity index (χ0) is 12.6. The molecule has 9 heteroatoms. The van der Waals surface area contributed by atoms with Gasteiger partial charge in [0.25, 0.3) is 21.3 Å². The smallest absolute Gasteiger partial charge is 0.270 e. The van der Waals surface area contributed by atoms with Crippen molar-refractivity contribution in [2.45, 2.75) is 0 Å². The Morgan fingerprint density at radius 3 is 2.41 bits per heavy atom. The molecule has 0 radical (unpaired) electrons. The highest BCUT2D eigenvalue weighted by atomic mass is 32.2. The van der Waals surface area contributed by atoms with Crippen LogP contribution < -0.4 is 21.0 Å². The highest BCUT2D eigenvalue weighted by Crippen LogP contribution is 2.16. The molecule has 1 aromatic heterocycles. The summed E-state index contributed by atoms with van der Waals surface area (Å²) in [4.78, 5) is 23.0. The van der Waals surface area contributed by atoms with Crippen molar-refractivity contribution in [3.8, 4) is 0 Å². The van der Waals surface area contributed by atoms with Gasteiger partial charge in [0.2, 0.25) is 0 Å². The van der Waals surface area contributed by atoms with Gasteiger partial charge >= 0.3 is 0 Å². The van der Waals surface area contributed by atoms with Gasteiger partial charge in [0.1, 0.15) is 0 Å². The van der Waals surface area contributed by atoms with Crippen molar-refractivity contribution in [2.24, 2.45) is 5.14 Å². The van der Waals surface area contributed by atoms with Crippen LogP contribution in [0.2, 0.25) is 0 Å². The lowest BCUT2D eigenvalue weighted by atomic mass is 10.2. The second kappa shape index (κ2) is 3.71. The number of nitrogens with two attached hydrogens (primary N) is 1. The Morgan fingerprint density at radius 1 is 1.12 bits per heavy atom. The van der Waals surface area contributed by atoms with Gasteiger partial charge in [-0.3, -0.25) is 24.5 Å². The van der Waals surface area contributed by atoms with Crippen molar-refractivity contribution in [3.63, 3.8) is 0 Å². The van der Waals surface area contributed by atoms with E-state index in [4.69, 9.17) is 5.14 Å². The van der Waals surface area contributed by atoms with Gasteiger partial charge in [-0.25, -0.2) is 5.14 Å². The molecular weight excluding hydrogens is 248 g/mol. The first-order valence-electron chi connectivity index (χ1n) is 4.43. The normalized spacial score (nSPS) is 11.6. The minimum atomic E-state index is -4.01. The summed E-state index contributed by atoms with van der Waals surface area (Å²) in [6.07, 6.45) is 0. The summed E-state index contributed by atoms with van der Waals surface area (Å²) in [6.45, 7) is 0.